The average Bonchev–Trinajstić information content (AvgIpc) is 3.36. The maximum absolute atomic E-state index is 12.9. The molecule has 0 aliphatic carbocycles. The number of piperidine rings is 1. The monoisotopic (exact) mass is 500 g/mol. The van der Waals surface area contributed by atoms with Crippen molar-refractivity contribution in [2.24, 2.45) is 0 Å². The van der Waals surface area contributed by atoms with Crippen LogP contribution in [0.25, 0.3) is 0 Å². The highest BCUT2D eigenvalue weighted by molar-refractivity contribution is 7.09. The first-order valence-corrected chi connectivity index (χ1v) is 12.6. The number of nitrogens with one attached hydrogen (secondary N) is 2. The Bertz CT molecular complexity index is 1050. The normalized spacial score (nSPS) is 14.8. The van der Waals surface area contributed by atoms with E-state index in [-0.39, 0.29) is 24.2 Å². The van der Waals surface area contributed by atoms with Crippen LogP contribution in [0.15, 0.2) is 29.6 Å². The van der Waals surface area contributed by atoms with E-state index in [1.807, 2.05) is 36.6 Å². The predicted octanol–water partition coefficient (Wildman–Crippen LogP) is 2.20. The molecule has 1 aliphatic rings. The number of aromatic nitrogens is 1. The van der Waals surface area contributed by atoms with Crippen molar-refractivity contribution in [3.63, 3.8) is 0 Å². The molecule has 2 aromatic heterocycles. The summed E-state index contributed by atoms with van der Waals surface area (Å²) in [4.78, 5) is 56.6. The summed E-state index contributed by atoms with van der Waals surface area (Å²) in [7, 11) is 1.22. The van der Waals surface area contributed by atoms with Crippen LogP contribution in [0.4, 0.5) is 0 Å². The Kier molecular flexibility index (Phi) is 9.36. The maximum atomic E-state index is 12.9. The number of rotatable bonds is 9. The van der Waals surface area contributed by atoms with Crippen LogP contribution < -0.4 is 10.6 Å². The van der Waals surface area contributed by atoms with Crippen molar-refractivity contribution in [3.8, 4) is 0 Å². The standard InChI is InChI=1S/C25H32N4O5S/c1-16-6-7-20(24(32)26-11-8-19-5-4-14-35-19)23(27-16)18-9-12-29(13-10-18)22(31)15-21(25(33)34-3)28-17(2)30/h4-7,14,18,21H,8-13,15H2,1-3H3,(H,26,32)(H,28,30)/t21-/m0/s1. The van der Waals surface area contributed by atoms with Crippen molar-refractivity contribution >= 4 is 35.0 Å². The third-order valence-corrected chi connectivity index (χ3v) is 6.96. The fraction of sp³-hybridized carbons (Fsp3) is 0.480. The molecule has 2 aromatic rings. The van der Waals surface area contributed by atoms with Gasteiger partial charge in [-0.05, 0) is 49.8 Å². The molecule has 0 radical (unpaired) electrons. The molecular weight excluding hydrogens is 468 g/mol. The van der Waals surface area contributed by atoms with E-state index in [0.717, 1.165) is 17.8 Å². The number of carbonyl (C=O) groups excluding carboxylic acids is 4. The van der Waals surface area contributed by atoms with Crippen molar-refractivity contribution in [3.05, 3.63) is 51.5 Å². The van der Waals surface area contributed by atoms with Gasteiger partial charge < -0.3 is 20.3 Å². The molecule has 2 N–H and O–H groups in total. The third-order valence-electron chi connectivity index (χ3n) is 6.02. The summed E-state index contributed by atoms with van der Waals surface area (Å²) in [5.74, 6) is -1.38. The molecule has 1 saturated heterocycles. The molecule has 0 unspecified atom stereocenters. The van der Waals surface area contributed by atoms with Crippen LogP contribution in [-0.4, -0.2) is 66.4 Å². The molecule has 3 heterocycles. The molecule has 1 fully saturated rings. The van der Waals surface area contributed by atoms with Gasteiger partial charge in [0.05, 0.1) is 24.8 Å². The lowest BCUT2D eigenvalue weighted by Gasteiger charge is -2.33. The van der Waals surface area contributed by atoms with Crippen LogP contribution in [0.1, 0.15) is 58.7 Å². The van der Waals surface area contributed by atoms with Gasteiger partial charge in [-0.1, -0.05) is 6.07 Å². The van der Waals surface area contributed by atoms with Gasteiger partial charge in [-0.2, -0.15) is 0 Å². The lowest BCUT2D eigenvalue weighted by atomic mass is 9.89. The molecule has 0 aromatic carbocycles. The predicted molar refractivity (Wildman–Crippen MR) is 132 cm³/mol. The molecule has 0 saturated carbocycles. The van der Waals surface area contributed by atoms with Crippen LogP contribution in [0, 0.1) is 6.92 Å². The zero-order valence-corrected chi connectivity index (χ0v) is 21.2. The lowest BCUT2D eigenvalue weighted by Crippen LogP contribution is -2.46. The van der Waals surface area contributed by atoms with Crippen molar-refractivity contribution in [1.29, 1.82) is 0 Å². The van der Waals surface area contributed by atoms with E-state index in [9.17, 15) is 19.2 Å². The molecular formula is C25H32N4O5S. The number of nitrogens with zero attached hydrogens (tertiary/aromatic N) is 2. The number of pyridine rings is 1. The van der Waals surface area contributed by atoms with Gasteiger partial charge in [0.25, 0.3) is 5.91 Å². The van der Waals surface area contributed by atoms with E-state index in [1.54, 1.807) is 16.2 Å². The molecule has 0 bridgehead atoms. The van der Waals surface area contributed by atoms with Gasteiger partial charge in [-0.25, -0.2) is 4.79 Å². The van der Waals surface area contributed by atoms with Crippen molar-refractivity contribution in [2.45, 2.75) is 51.5 Å². The number of ether oxygens (including phenoxy) is 1. The zero-order chi connectivity index (χ0) is 25.4. The van der Waals surface area contributed by atoms with Crippen molar-refractivity contribution < 1.29 is 23.9 Å². The number of methoxy groups -OCH3 is 1. The number of carbonyl (C=O) groups is 4. The quantitative estimate of drug-likeness (QED) is 0.510. The Balaban J connectivity index is 1.60. The Morgan fingerprint density at radius 2 is 1.94 bits per heavy atom. The minimum absolute atomic E-state index is 0.0451. The van der Waals surface area contributed by atoms with E-state index in [1.165, 1.54) is 18.9 Å². The summed E-state index contributed by atoms with van der Waals surface area (Å²) >= 11 is 1.67. The fourth-order valence-corrected chi connectivity index (χ4v) is 4.93. The molecule has 3 rings (SSSR count). The van der Waals surface area contributed by atoms with Crippen molar-refractivity contribution in [2.75, 3.05) is 26.7 Å². The van der Waals surface area contributed by atoms with Crippen LogP contribution in [-0.2, 0) is 25.5 Å². The number of likely N-dealkylation sites (tertiary alicyclic amines) is 1. The van der Waals surface area contributed by atoms with Gasteiger partial charge >= 0.3 is 5.97 Å². The fourth-order valence-electron chi connectivity index (χ4n) is 4.22. The summed E-state index contributed by atoms with van der Waals surface area (Å²) in [6.45, 7) is 4.70. The maximum Gasteiger partial charge on any atom is 0.328 e. The summed E-state index contributed by atoms with van der Waals surface area (Å²) < 4.78 is 4.70. The van der Waals surface area contributed by atoms with Crippen LogP contribution in [0.5, 0.6) is 0 Å². The van der Waals surface area contributed by atoms with Gasteiger partial charge in [-0.3, -0.25) is 19.4 Å². The highest BCUT2D eigenvalue weighted by Gasteiger charge is 2.31. The SMILES string of the molecule is COC(=O)[C@H](CC(=O)N1CCC(c2nc(C)ccc2C(=O)NCCc2cccs2)CC1)NC(C)=O. The zero-order valence-electron chi connectivity index (χ0n) is 20.3. The summed E-state index contributed by atoms with van der Waals surface area (Å²) in [6, 6.07) is 6.70. The smallest absolute Gasteiger partial charge is 0.328 e. The second-order valence-corrected chi connectivity index (χ2v) is 9.64. The number of amides is 3. The summed E-state index contributed by atoms with van der Waals surface area (Å²) in [5.41, 5.74) is 2.17. The number of esters is 1. The highest BCUT2D eigenvalue weighted by Crippen LogP contribution is 2.30. The Labute approximate surface area is 209 Å². The average molecular weight is 501 g/mol. The minimum atomic E-state index is -1.01. The van der Waals surface area contributed by atoms with Crippen LogP contribution >= 0.6 is 11.3 Å². The number of hydrogen-bond acceptors (Lipinski definition) is 7. The molecule has 1 aliphatic heterocycles. The van der Waals surface area contributed by atoms with Gasteiger partial charge in [-0.15, -0.1) is 11.3 Å². The van der Waals surface area contributed by atoms with Gasteiger partial charge in [0.2, 0.25) is 11.8 Å². The van der Waals surface area contributed by atoms with Gasteiger partial charge in [0.1, 0.15) is 6.04 Å². The summed E-state index contributed by atoms with van der Waals surface area (Å²) in [6.07, 6.45) is 1.93. The van der Waals surface area contributed by atoms with E-state index in [2.05, 4.69) is 10.6 Å². The second-order valence-electron chi connectivity index (χ2n) is 8.61. The number of aryl methyl sites for hydroxylation is 1. The first-order chi connectivity index (χ1) is 16.8. The topological polar surface area (TPSA) is 118 Å². The minimum Gasteiger partial charge on any atom is -0.467 e. The second kappa shape index (κ2) is 12.4. The molecule has 9 nitrogen and oxygen atoms in total. The lowest BCUT2D eigenvalue weighted by molar-refractivity contribution is -0.148. The largest absolute Gasteiger partial charge is 0.467 e. The molecule has 35 heavy (non-hydrogen) atoms. The molecule has 0 spiro atoms. The van der Waals surface area contributed by atoms with Crippen LogP contribution in [0.3, 0.4) is 0 Å². The number of thiophene rings is 1. The van der Waals surface area contributed by atoms with E-state index < -0.39 is 17.9 Å². The first kappa shape index (κ1) is 26.3. The molecule has 10 heteroatoms. The Morgan fingerprint density at radius 1 is 1.20 bits per heavy atom. The number of hydrogen-bond donors (Lipinski definition) is 2. The van der Waals surface area contributed by atoms with Gasteiger partial charge in [0, 0.05) is 43.0 Å². The summed E-state index contributed by atoms with van der Waals surface area (Å²) in [5, 5.41) is 7.49. The first-order valence-electron chi connectivity index (χ1n) is 11.7. The van der Waals surface area contributed by atoms with Crippen LogP contribution in [0.2, 0.25) is 0 Å². The van der Waals surface area contributed by atoms with Gasteiger partial charge in [0.15, 0.2) is 0 Å². The van der Waals surface area contributed by atoms with E-state index in [4.69, 9.17) is 9.72 Å². The molecule has 1 atom stereocenters. The third kappa shape index (κ3) is 7.35. The highest BCUT2D eigenvalue weighted by atomic mass is 32.1. The van der Waals surface area contributed by atoms with Crippen molar-refractivity contribution in [1.82, 2.24) is 20.5 Å². The molecule has 188 valence electrons. The van der Waals surface area contributed by atoms with E-state index >= 15 is 0 Å². The Hall–Kier alpha value is -3.27. The van der Waals surface area contributed by atoms with E-state index in [0.29, 0.717) is 38.0 Å². The Morgan fingerprint density at radius 3 is 2.57 bits per heavy atom. The molecule has 3 amide bonds.